The molecule has 0 saturated carbocycles. The summed E-state index contributed by atoms with van der Waals surface area (Å²) >= 11 is 0. The predicted octanol–water partition coefficient (Wildman–Crippen LogP) is 0.322. The van der Waals surface area contributed by atoms with E-state index in [1.807, 2.05) is 0 Å². The molecule has 2 rings (SSSR count). The van der Waals surface area contributed by atoms with E-state index in [1.54, 1.807) is 0 Å². The first-order valence-corrected chi connectivity index (χ1v) is 6.53. The van der Waals surface area contributed by atoms with Crippen LogP contribution in [0.4, 0.5) is 0 Å². The molecule has 0 radical (unpaired) electrons. The Morgan fingerprint density at radius 1 is 1.39 bits per heavy atom. The van der Waals surface area contributed by atoms with Gasteiger partial charge in [0, 0.05) is 11.1 Å². The van der Waals surface area contributed by atoms with Crippen LogP contribution in [0.15, 0.2) is 28.0 Å². The Morgan fingerprint density at radius 3 is 2.56 bits per heavy atom. The molecule has 0 aromatic heterocycles. The highest BCUT2D eigenvalue weighted by atomic mass is 32.2. The van der Waals surface area contributed by atoms with Crippen LogP contribution in [0.1, 0.15) is 12.5 Å². The number of phenols is 1. The third-order valence-corrected chi connectivity index (χ3v) is 4.87. The third kappa shape index (κ3) is 1.52. The van der Waals surface area contributed by atoms with Crippen molar-refractivity contribution in [3.8, 4) is 5.75 Å². The van der Waals surface area contributed by atoms with Crippen LogP contribution in [-0.4, -0.2) is 30.6 Å². The largest absolute Gasteiger partial charge is 0.507 e. The standard InChI is InChI=1S/C11H11NO5S/c1-5-8(10(12)11(14)15)9-6(13)3-2-4-7(9)18(5,16)17/h2-4,10,13H,12H2,1H3,(H,14,15). The fourth-order valence-electron chi connectivity index (χ4n) is 2.00. The van der Waals surface area contributed by atoms with E-state index in [2.05, 4.69) is 0 Å². The molecule has 1 aromatic rings. The number of hydrogen-bond acceptors (Lipinski definition) is 5. The minimum Gasteiger partial charge on any atom is -0.507 e. The average molecular weight is 269 g/mol. The summed E-state index contributed by atoms with van der Waals surface area (Å²) in [7, 11) is -3.76. The fraction of sp³-hybridized carbons (Fsp3) is 0.182. The molecule has 6 nitrogen and oxygen atoms in total. The number of hydrogen-bond donors (Lipinski definition) is 3. The van der Waals surface area contributed by atoms with Crippen molar-refractivity contribution >= 4 is 21.4 Å². The highest BCUT2D eigenvalue weighted by Crippen LogP contribution is 2.44. The summed E-state index contributed by atoms with van der Waals surface area (Å²) in [6, 6.07) is 2.50. The van der Waals surface area contributed by atoms with Gasteiger partial charge >= 0.3 is 5.97 Å². The number of nitrogens with two attached hydrogens (primary N) is 1. The lowest BCUT2D eigenvalue weighted by molar-refractivity contribution is -0.137. The van der Waals surface area contributed by atoms with Crippen molar-refractivity contribution in [2.24, 2.45) is 5.73 Å². The number of rotatable bonds is 2. The molecule has 1 aliphatic rings. The van der Waals surface area contributed by atoms with Gasteiger partial charge in [-0.1, -0.05) is 6.07 Å². The molecule has 1 aliphatic heterocycles. The SMILES string of the molecule is CC1=C(C(N)C(=O)O)c2c(O)cccc2S1(=O)=O. The van der Waals surface area contributed by atoms with Gasteiger partial charge in [-0.15, -0.1) is 0 Å². The molecule has 1 atom stereocenters. The quantitative estimate of drug-likeness (QED) is 0.711. The summed E-state index contributed by atoms with van der Waals surface area (Å²) in [5.74, 6) is -1.64. The van der Waals surface area contributed by atoms with Crippen LogP contribution in [0.25, 0.3) is 5.57 Å². The number of allylic oxidation sites excluding steroid dienone is 1. The Bertz CT molecular complexity index is 675. The zero-order valence-corrected chi connectivity index (χ0v) is 10.2. The van der Waals surface area contributed by atoms with Gasteiger partial charge in [-0.2, -0.15) is 0 Å². The maximum Gasteiger partial charge on any atom is 0.325 e. The smallest absolute Gasteiger partial charge is 0.325 e. The van der Waals surface area contributed by atoms with Crippen molar-refractivity contribution in [3.63, 3.8) is 0 Å². The Labute approximate surface area is 103 Å². The first-order valence-electron chi connectivity index (χ1n) is 5.05. The Kier molecular flexibility index (Phi) is 2.67. The molecule has 1 unspecified atom stereocenters. The van der Waals surface area contributed by atoms with Crippen molar-refractivity contribution < 1.29 is 23.4 Å². The zero-order chi connectivity index (χ0) is 13.7. The van der Waals surface area contributed by atoms with E-state index in [1.165, 1.54) is 25.1 Å². The molecule has 0 fully saturated rings. The van der Waals surface area contributed by atoms with Gasteiger partial charge in [0.05, 0.1) is 9.80 Å². The number of sulfone groups is 1. The number of carboxylic acids is 1. The highest BCUT2D eigenvalue weighted by Gasteiger charge is 2.39. The van der Waals surface area contributed by atoms with Gasteiger partial charge in [0.2, 0.25) is 9.84 Å². The lowest BCUT2D eigenvalue weighted by Crippen LogP contribution is -2.31. The number of phenolic OH excluding ortho intramolecular Hbond substituents is 1. The van der Waals surface area contributed by atoms with E-state index in [-0.39, 0.29) is 26.7 Å². The normalized spacial score (nSPS) is 18.6. The number of aromatic hydroxyl groups is 1. The molecular formula is C11H11NO5S. The summed E-state index contributed by atoms with van der Waals surface area (Å²) < 4.78 is 24.1. The van der Waals surface area contributed by atoms with Gasteiger partial charge in [-0.3, -0.25) is 4.79 Å². The maximum absolute atomic E-state index is 12.1. The van der Waals surface area contributed by atoms with Crippen LogP contribution in [-0.2, 0) is 14.6 Å². The summed E-state index contributed by atoms with van der Waals surface area (Å²) in [4.78, 5) is 10.7. The van der Waals surface area contributed by atoms with Gasteiger partial charge in [0.1, 0.15) is 11.8 Å². The molecule has 0 aliphatic carbocycles. The van der Waals surface area contributed by atoms with Crippen molar-refractivity contribution in [1.82, 2.24) is 0 Å². The third-order valence-electron chi connectivity index (χ3n) is 2.92. The average Bonchev–Trinajstić information content (AvgIpc) is 2.49. The van der Waals surface area contributed by atoms with Crippen molar-refractivity contribution in [1.29, 1.82) is 0 Å². The van der Waals surface area contributed by atoms with Gasteiger partial charge < -0.3 is 15.9 Å². The topological polar surface area (TPSA) is 118 Å². The van der Waals surface area contributed by atoms with Crippen molar-refractivity contribution in [2.75, 3.05) is 0 Å². The van der Waals surface area contributed by atoms with E-state index in [0.717, 1.165) is 0 Å². The maximum atomic E-state index is 12.1. The number of benzene rings is 1. The van der Waals surface area contributed by atoms with E-state index in [0.29, 0.717) is 0 Å². The second-order valence-electron chi connectivity index (χ2n) is 3.94. The summed E-state index contributed by atoms with van der Waals surface area (Å²) in [6.45, 7) is 1.28. The van der Waals surface area contributed by atoms with Gasteiger partial charge in [0.15, 0.2) is 0 Å². The highest BCUT2D eigenvalue weighted by molar-refractivity contribution is 7.95. The molecule has 96 valence electrons. The van der Waals surface area contributed by atoms with E-state index in [9.17, 15) is 18.3 Å². The molecule has 4 N–H and O–H groups in total. The van der Waals surface area contributed by atoms with Crippen LogP contribution in [0, 0.1) is 0 Å². The number of aliphatic carboxylic acids is 1. The summed E-state index contributed by atoms with van der Waals surface area (Å²) in [5, 5.41) is 18.6. The number of carbonyl (C=O) groups is 1. The first-order chi connectivity index (χ1) is 8.28. The van der Waals surface area contributed by atoms with Gasteiger partial charge in [0.25, 0.3) is 0 Å². The lowest BCUT2D eigenvalue weighted by Gasteiger charge is -2.11. The summed E-state index contributed by atoms with van der Waals surface area (Å²) in [6.07, 6.45) is 0. The van der Waals surface area contributed by atoms with Gasteiger partial charge in [-0.05, 0) is 19.1 Å². The van der Waals surface area contributed by atoms with Crippen LogP contribution in [0.2, 0.25) is 0 Å². The molecule has 0 saturated heterocycles. The molecule has 0 amide bonds. The van der Waals surface area contributed by atoms with Crippen LogP contribution >= 0.6 is 0 Å². The lowest BCUT2D eigenvalue weighted by atomic mass is 9.98. The number of fused-ring (bicyclic) bond motifs is 1. The molecule has 0 spiro atoms. The summed E-state index contributed by atoms with van der Waals surface area (Å²) in [5.41, 5.74) is 5.42. The van der Waals surface area contributed by atoms with Gasteiger partial charge in [-0.25, -0.2) is 8.42 Å². The van der Waals surface area contributed by atoms with Crippen LogP contribution < -0.4 is 5.73 Å². The Morgan fingerprint density at radius 2 is 2.00 bits per heavy atom. The fourth-order valence-corrected chi connectivity index (χ4v) is 3.59. The minimum atomic E-state index is -3.76. The molecule has 0 bridgehead atoms. The molecular weight excluding hydrogens is 258 g/mol. The molecule has 1 heterocycles. The molecule has 7 heteroatoms. The Hall–Kier alpha value is -1.86. The first kappa shape index (κ1) is 12.6. The second kappa shape index (κ2) is 3.82. The van der Waals surface area contributed by atoms with E-state index in [4.69, 9.17) is 10.8 Å². The van der Waals surface area contributed by atoms with Crippen molar-refractivity contribution in [2.45, 2.75) is 17.9 Å². The monoisotopic (exact) mass is 269 g/mol. The molecule has 18 heavy (non-hydrogen) atoms. The molecule has 1 aromatic carbocycles. The van der Waals surface area contributed by atoms with E-state index < -0.39 is 21.8 Å². The zero-order valence-electron chi connectivity index (χ0n) is 9.41. The van der Waals surface area contributed by atoms with Crippen molar-refractivity contribution in [3.05, 3.63) is 28.7 Å². The van der Waals surface area contributed by atoms with Crippen LogP contribution in [0.3, 0.4) is 0 Å². The minimum absolute atomic E-state index is 0.00935. The van der Waals surface area contributed by atoms with E-state index >= 15 is 0 Å². The Balaban J connectivity index is 2.84. The number of carboxylic acid groups (broad SMARTS) is 1. The van der Waals surface area contributed by atoms with Crippen LogP contribution in [0.5, 0.6) is 5.75 Å². The predicted molar refractivity (Wildman–Crippen MR) is 63.5 cm³/mol. The second-order valence-corrected chi connectivity index (χ2v) is 6.00.